The first kappa shape index (κ1) is 14.0. The fraction of sp³-hybridized carbons (Fsp3) is 0.533. The van der Waals surface area contributed by atoms with Crippen molar-refractivity contribution in [2.75, 3.05) is 6.54 Å². The first-order valence-corrected chi connectivity index (χ1v) is 6.85. The molecule has 1 aliphatic rings. The van der Waals surface area contributed by atoms with Crippen molar-refractivity contribution in [1.29, 1.82) is 0 Å². The quantitative estimate of drug-likeness (QED) is 0.763. The van der Waals surface area contributed by atoms with Crippen molar-refractivity contribution in [2.45, 2.75) is 44.9 Å². The summed E-state index contributed by atoms with van der Waals surface area (Å²) in [4.78, 5) is 12.3. The Balaban J connectivity index is 2.04. The zero-order valence-electron chi connectivity index (χ0n) is 11.5. The van der Waals surface area contributed by atoms with Gasteiger partial charge in [-0.1, -0.05) is 24.3 Å². The van der Waals surface area contributed by atoms with E-state index in [0.717, 1.165) is 12.1 Å². The van der Waals surface area contributed by atoms with Gasteiger partial charge in [0.15, 0.2) is 0 Å². The van der Waals surface area contributed by atoms with Crippen LogP contribution in [-0.4, -0.2) is 29.7 Å². The molecule has 4 heteroatoms. The van der Waals surface area contributed by atoms with Crippen LogP contribution in [0.25, 0.3) is 0 Å². The topological polar surface area (TPSA) is 61.4 Å². The van der Waals surface area contributed by atoms with E-state index in [-0.39, 0.29) is 17.9 Å². The molecule has 2 rings (SSSR count). The van der Waals surface area contributed by atoms with E-state index in [4.69, 9.17) is 0 Å². The molecular formula is C15H22N2O2. The highest BCUT2D eigenvalue weighted by atomic mass is 16.3. The molecule has 1 heterocycles. The molecule has 1 aromatic rings. The molecular weight excluding hydrogens is 240 g/mol. The van der Waals surface area contributed by atoms with E-state index in [1.165, 1.54) is 5.56 Å². The summed E-state index contributed by atoms with van der Waals surface area (Å²) in [5.74, 6) is -0.103. The Kier molecular flexibility index (Phi) is 4.56. The van der Waals surface area contributed by atoms with Gasteiger partial charge in [-0.25, -0.2) is 0 Å². The van der Waals surface area contributed by atoms with Crippen molar-refractivity contribution in [2.24, 2.45) is 0 Å². The zero-order valence-corrected chi connectivity index (χ0v) is 11.5. The van der Waals surface area contributed by atoms with Gasteiger partial charge in [0.1, 0.15) is 0 Å². The molecule has 1 amide bonds. The molecule has 0 aliphatic carbocycles. The maximum Gasteiger partial charge on any atom is 0.229 e. The van der Waals surface area contributed by atoms with Crippen molar-refractivity contribution in [1.82, 2.24) is 10.6 Å². The molecule has 0 radical (unpaired) electrons. The molecule has 1 aliphatic heterocycles. The van der Waals surface area contributed by atoms with E-state index in [0.29, 0.717) is 13.0 Å². The minimum absolute atomic E-state index is 0.0124. The van der Waals surface area contributed by atoms with E-state index in [1.54, 1.807) is 6.92 Å². The van der Waals surface area contributed by atoms with E-state index in [1.807, 2.05) is 25.1 Å². The summed E-state index contributed by atoms with van der Waals surface area (Å²) in [6.45, 7) is 5.15. The first-order chi connectivity index (χ1) is 9.08. The van der Waals surface area contributed by atoms with Crippen LogP contribution in [0.15, 0.2) is 24.3 Å². The fourth-order valence-electron chi connectivity index (χ4n) is 2.64. The molecule has 3 unspecified atom stereocenters. The summed E-state index contributed by atoms with van der Waals surface area (Å²) >= 11 is 0. The number of hydrogen-bond donors (Lipinski definition) is 3. The molecule has 4 nitrogen and oxygen atoms in total. The lowest BCUT2D eigenvalue weighted by Crippen LogP contribution is -2.42. The summed E-state index contributed by atoms with van der Waals surface area (Å²) < 4.78 is 0. The Morgan fingerprint density at radius 3 is 2.95 bits per heavy atom. The number of nitrogens with one attached hydrogen (secondary N) is 2. The van der Waals surface area contributed by atoms with Gasteiger partial charge >= 0.3 is 0 Å². The number of benzene rings is 1. The van der Waals surface area contributed by atoms with Crippen LogP contribution in [0.5, 0.6) is 0 Å². The van der Waals surface area contributed by atoms with Crippen LogP contribution in [0, 0.1) is 0 Å². The molecule has 0 saturated carbocycles. The molecule has 0 spiro atoms. The van der Waals surface area contributed by atoms with Crippen LogP contribution in [0.3, 0.4) is 0 Å². The number of aliphatic hydroxyl groups is 1. The summed E-state index contributed by atoms with van der Waals surface area (Å²) in [6.07, 6.45) is 0.181. The predicted molar refractivity (Wildman–Crippen MR) is 74.8 cm³/mol. The monoisotopic (exact) mass is 262 g/mol. The lowest BCUT2D eigenvalue weighted by molar-refractivity contribution is -0.123. The smallest absolute Gasteiger partial charge is 0.229 e. The second-order valence-corrected chi connectivity index (χ2v) is 5.38. The number of hydrogen-bond acceptors (Lipinski definition) is 3. The minimum Gasteiger partial charge on any atom is -0.393 e. The highest BCUT2D eigenvalue weighted by molar-refractivity contribution is 5.84. The summed E-state index contributed by atoms with van der Waals surface area (Å²) in [7, 11) is 0. The van der Waals surface area contributed by atoms with Crippen LogP contribution in [-0.2, 0) is 11.3 Å². The third-order valence-electron chi connectivity index (χ3n) is 3.49. The van der Waals surface area contributed by atoms with Gasteiger partial charge in [-0.2, -0.15) is 0 Å². The van der Waals surface area contributed by atoms with Crippen molar-refractivity contribution >= 4 is 5.91 Å². The van der Waals surface area contributed by atoms with Crippen LogP contribution in [0.1, 0.15) is 37.3 Å². The van der Waals surface area contributed by atoms with Gasteiger partial charge in [-0.15, -0.1) is 0 Å². The molecule has 104 valence electrons. The predicted octanol–water partition coefficient (Wildman–Crippen LogP) is 1.15. The fourth-order valence-corrected chi connectivity index (χ4v) is 2.64. The maximum atomic E-state index is 12.3. The highest BCUT2D eigenvalue weighted by Gasteiger charge is 2.26. The zero-order chi connectivity index (χ0) is 13.8. The normalized spacial score (nSPS) is 21.3. The van der Waals surface area contributed by atoms with E-state index < -0.39 is 6.10 Å². The number of carbonyl (C=O) groups excluding carboxylic acids is 1. The van der Waals surface area contributed by atoms with Crippen molar-refractivity contribution in [3.63, 3.8) is 0 Å². The average Bonchev–Trinajstić information content (AvgIpc) is 2.36. The largest absolute Gasteiger partial charge is 0.393 e. The second kappa shape index (κ2) is 6.17. The Bertz CT molecular complexity index is 446. The van der Waals surface area contributed by atoms with Crippen molar-refractivity contribution < 1.29 is 9.90 Å². The van der Waals surface area contributed by atoms with Crippen LogP contribution in [0.2, 0.25) is 0 Å². The van der Waals surface area contributed by atoms with Gasteiger partial charge in [0.05, 0.1) is 12.0 Å². The van der Waals surface area contributed by atoms with Gasteiger partial charge < -0.3 is 15.7 Å². The summed E-state index contributed by atoms with van der Waals surface area (Å²) in [5, 5.41) is 15.6. The molecule has 1 aromatic carbocycles. The van der Waals surface area contributed by atoms with Crippen LogP contribution in [0.4, 0.5) is 0 Å². The van der Waals surface area contributed by atoms with E-state index in [2.05, 4.69) is 16.7 Å². The number of rotatable bonds is 4. The lowest BCUT2D eigenvalue weighted by atomic mass is 9.90. The molecule has 19 heavy (non-hydrogen) atoms. The number of fused-ring (bicyclic) bond motifs is 1. The molecule has 0 bridgehead atoms. The Morgan fingerprint density at radius 2 is 2.21 bits per heavy atom. The molecule has 0 fully saturated rings. The van der Waals surface area contributed by atoms with Crippen LogP contribution < -0.4 is 10.6 Å². The van der Waals surface area contributed by atoms with Crippen molar-refractivity contribution in [3.8, 4) is 0 Å². The SMILES string of the molecule is CC(O)CC(C)NC(=O)C1CNCc2ccccc21. The maximum absolute atomic E-state index is 12.3. The first-order valence-electron chi connectivity index (χ1n) is 6.85. The third-order valence-corrected chi connectivity index (χ3v) is 3.49. The third kappa shape index (κ3) is 3.55. The Labute approximate surface area is 114 Å². The van der Waals surface area contributed by atoms with E-state index >= 15 is 0 Å². The number of amides is 1. The number of aliphatic hydroxyl groups excluding tert-OH is 1. The van der Waals surface area contributed by atoms with Crippen molar-refractivity contribution in [3.05, 3.63) is 35.4 Å². The van der Waals surface area contributed by atoms with Gasteiger partial charge in [0.2, 0.25) is 5.91 Å². The second-order valence-electron chi connectivity index (χ2n) is 5.38. The van der Waals surface area contributed by atoms with Gasteiger partial charge in [0.25, 0.3) is 0 Å². The summed E-state index contributed by atoms with van der Waals surface area (Å²) in [6, 6.07) is 8.04. The molecule has 3 N–H and O–H groups in total. The highest BCUT2D eigenvalue weighted by Crippen LogP contribution is 2.24. The standard InChI is InChI=1S/C15H22N2O2/c1-10(7-11(2)18)17-15(19)14-9-16-8-12-5-3-4-6-13(12)14/h3-6,10-11,14,16,18H,7-9H2,1-2H3,(H,17,19). The molecule has 3 atom stereocenters. The van der Waals surface area contributed by atoms with Gasteiger partial charge in [-0.3, -0.25) is 4.79 Å². The average molecular weight is 262 g/mol. The Morgan fingerprint density at radius 1 is 1.47 bits per heavy atom. The molecule has 0 aromatic heterocycles. The number of carbonyl (C=O) groups is 1. The molecule has 0 saturated heterocycles. The van der Waals surface area contributed by atoms with Crippen LogP contribution >= 0.6 is 0 Å². The van der Waals surface area contributed by atoms with Gasteiger partial charge in [0, 0.05) is 19.1 Å². The Hall–Kier alpha value is -1.39. The minimum atomic E-state index is -0.396. The van der Waals surface area contributed by atoms with Gasteiger partial charge in [-0.05, 0) is 31.4 Å². The summed E-state index contributed by atoms with van der Waals surface area (Å²) in [5.41, 5.74) is 2.31. The lowest BCUT2D eigenvalue weighted by Gasteiger charge is -2.27. The van der Waals surface area contributed by atoms with E-state index in [9.17, 15) is 9.90 Å².